The number of carbonyl (C=O) groups excluding carboxylic acids is 1. The maximum atomic E-state index is 12.1. The SMILES string of the molecule is C=CCP(=O)(CCC(=O)OCc1ccccc1)OC. The average Bonchev–Trinajstić information content (AvgIpc) is 2.44. The number of allylic oxidation sites excluding steroid dienone is 1. The Balaban J connectivity index is 2.35. The summed E-state index contributed by atoms with van der Waals surface area (Å²) in [6, 6.07) is 9.42. The van der Waals surface area contributed by atoms with Crippen LogP contribution in [0.2, 0.25) is 0 Å². The number of rotatable bonds is 8. The monoisotopic (exact) mass is 282 g/mol. The molecule has 1 aromatic rings. The topological polar surface area (TPSA) is 52.6 Å². The van der Waals surface area contributed by atoms with Crippen molar-refractivity contribution in [3.05, 3.63) is 48.6 Å². The molecule has 0 N–H and O–H groups in total. The van der Waals surface area contributed by atoms with E-state index in [-0.39, 0.29) is 31.3 Å². The summed E-state index contributed by atoms with van der Waals surface area (Å²) in [5.41, 5.74) is 0.928. The van der Waals surface area contributed by atoms with Gasteiger partial charge in [-0.15, -0.1) is 6.58 Å². The van der Waals surface area contributed by atoms with E-state index < -0.39 is 7.37 Å². The lowest BCUT2D eigenvalue weighted by atomic mass is 10.2. The Bertz CT molecular complexity index is 456. The summed E-state index contributed by atoms with van der Waals surface area (Å²) in [5.74, 6) is -0.370. The third-order valence-electron chi connectivity index (χ3n) is 2.64. The van der Waals surface area contributed by atoms with Gasteiger partial charge in [-0.05, 0) is 5.56 Å². The summed E-state index contributed by atoms with van der Waals surface area (Å²) in [6.45, 7) is 3.76. The Morgan fingerprint density at radius 3 is 2.63 bits per heavy atom. The molecule has 0 aliphatic rings. The van der Waals surface area contributed by atoms with E-state index in [1.165, 1.54) is 7.11 Å². The van der Waals surface area contributed by atoms with Gasteiger partial charge in [0.15, 0.2) is 0 Å². The van der Waals surface area contributed by atoms with Crippen molar-refractivity contribution in [2.24, 2.45) is 0 Å². The molecule has 0 saturated heterocycles. The largest absolute Gasteiger partial charge is 0.461 e. The molecule has 4 nitrogen and oxygen atoms in total. The van der Waals surface area contributed by atoms with Gasteiger partial charge in [0.2, 0.25) is 7.37 Å². The number of hydrogen-bond donors (Lipinski definition) is 0. The van der Waals surface area contributed by atoms with Crippen LogP contribution in [0.1, 0.15) is 12.0 Å². The zero-order valence-corrected chi connectivity index (χ0v) is 12.0. The van der Waals surface area contributed by atoms with Crippen molar-refractivity contribution in [3.63, 3.8) is 0 Å². The standard InChI is InChI=1S/C14H19O4P/c1-3-10-19(16,17-2)11-9-14(15)18-12-13-7-5-4-6-8-13/h3-8H,1,9-12H2,2H3. The molecule has 1 unspecified atom stereocenters. The van der Waals surface area contributed by atoms with Crippen LogP contribution < -0.4 is 0 Å². The van der Waals surface area contributed by atoms with Crippen LogP contribution in [0, 0.1) is 0 Å². The van der Waals surface area contributed by atoms with E-state index in [9.17, 15) is 9.36 Å². The van der Waals surface area contributed by atoms with Crippen molar-refractivity contribution in [1.82, 2.24) is 0 Å². The average molecular weight is 282 g/mol. The Labute approximate surface area is 113 Å². The molecule has 1 rings (SSSR count). The van der Waals surface area contributed by atoms with Crippen LogP contribution in [0.15, 0.2) is 43.0 Å². The van der Waals surface area contributed by atoms with E-state index in [0.717, 1.165) is 5.56 Å². The summed E-state index contributed by atoms with van der Waals surface area (Å²) in [6.07, 6.45) is 2.09. The number of hydrogen-bond acceptors (Lipinski definition) is 4. The van der Waals surface area contributed by atoms with Gasteiger partial charge in [-0.1, -0.05) is 36.4 Å². The van der Waals surface area contributed by atoms with Crippen LogP contribution >= 0.6 is 7.37 Å². The number of esters is 1. The third-order valence-corrected chi connectivity index (χ3v) is 5.02. The summed E-state index contributed by atoms with van der Waals surface area (Å²) in [5, 5.41) is 0. The second-order valence-corrected chi connectivity index (χ2v) is 6.89. The zero-order valence-electron chi connectivity index (χ0n) is 11.1. The van der Waals surface area contributed by atoms with Gasteiger partial charge in [-0.25, -0.2) is 0 Å². The molecule has 0 spiro atoms. The van der Waals surface area contributed by atoms with Crippen molar-refractivity contribution < 1.29 is 18.6 Å². The lowest BCUT2D eigenvalue weighted by molar-refractivity contribution is -0.144. The van der Waals surface area contributed by atoms with Crippen LogP contribution in [0.4, 0.5) is 0 Å². The molecule has 0 heterocycles. The van der Waals surface area contributed by atoms with E-state index in [1.54, 1.807) is 6.08 Å². The van der Waals surface area contributed by atoms with Gasteiger partial charge in [-0.3, -0.25) is 9.36 Å². The van der Waals surface area contributed by atoms with Gasteiger partial charge in [0.25, 0.3) is 0 Å². The zero-order chi connectivity index (χ0) is 14.1. The molecule has 0 amide bonds. The highest BCUT2D eigenvalue weighted by Gasteiger charge is 2.21. The van der Waals surface area contributed by atoms with Gasteiger partial charge in [0.1, 0.15) is 6.61 Å². The summed E-state index contributed by atoms with van der Waals surface area (Å²) < 4.78 is 22.1. The van der Waals surface area contributed by atoms with E-state index in [4.69, 9.17) is 9.26 Å². The molecule has 0 bridgehead atoms. The maximum absolute atomic E-state index is 12.1. The highest BCUT2D eigenvalue weighted by atomic mass is 31.2. The lowest BCUT2D eigenvalue weighted by Gasteiger charge is -2.13. The smallest absolute Gasteiger partial charge is 0.306 e. The third kappa shape index (κ3) is 5.86. The fourth-order valence-electron chi connectivity index (χ4n) is 1.53. The van der Waals surface area contributed by atoms with Crippen LogP contribution in [-0.2, 0) is 25.2 Å². The fourth-order valence-corrected chi connectivity index (χ4v) is 2.96. The highest BCUT2D eigenvalue weighted by molar-refractivity contribution is 7.59. The predicted octanol–water partition coefficient (Wildman–Crippen LogP) is 3.23. The molecule has 5 heteroatoms. The first-order chi connectivity index (χ1) is 9.09. The minimum absolute atomic E-state index is 0.0891. The van der Waals surface area contributed by atoms with Gasteiger partial charge in [0.05, 0.1) is 6.42 Å². The van der Waals surface area contributed by atoms with E-state index >= 15 is 0 Å². The van der Waals surface area contributed by atoms with E-state index in [2.05, 4.69) is 6.58 Å². The van der Waals surface area contributed by atoms with Crippen molar-refractivity contribution in [2.45, 2.75) is 13.0 Å². The first-order valence-electron chi connectivity index (χ1n) is 6.04. The maximum Gasteiger partial charge on any atom is 0.306 e. The Kier molecular flexibility index (Phi) is 6.54. The molecule has 0 saturated carbocycles. The molecule has 104 valence electrons. The van der Waals surface area contributed by atoms with Crippen molar-refractivity contribution in [3.8, 4) is 0 Å². The molecular weight excluding hydrogens is 263 g/mol. The second-order valence-electron chi connectivity index (χ2n) is 4.09. The predicted molar refractivity (Wildman–Crippen MR) is 75.4 cm³/mol. The molecule has 0 aromatic heterocycles. The van der Waals surface area contributed by atoms with Gasteiger partial charge < -0.3 is 9.26 Å². The first-order valence-corrected chi connectivity index (χ1v) is 8.03. The summed E-state index contributed by atoms with van der Waals surface area (Å²) in [7, 11) is -1.38. The Morgan fingerprint density at radius 2 is 2.05 bits per heavy atom. The fraction of sp³-hybridized carbons (Fsp3) is 0.357. The van der Waals surface area contributed by atoms with Crippen molar-refractivity contribution in [2.75, 3.05) is 19.4 Å². The minimum atomic E-state index is -2.77. The van der Waals surface area contributed by atoms with Gasteiger partial charge in [-0.2, -0.15) is 0 Å². The molecule has 1 aromatic carbocycles. The number of benzene rings is 1. The van der Waals surface area contributed by atoms with Crippen LogP contribution in [-0.4, -0.2) is 25.4 Å². The summed E-state index contributed by atoms with van der Waals surface area (Å²) >= 11 is 0. The Hall–Kier alpha value is -1.38. The molecule has 1 atom stereocenters. The molecule has 0 aliphatic heterocycles. The van der Waals surface area contributed by atoms with Gasteiger partial charge >= 0.3 is 5.97 Å². The molecule has 0 aliphatic carbocycles. The van der Waals surface area contributed by atoms with Crippen molar-refractivity contribution in [1.29, 1.82) is 0 Å². The molecule has 0 fully saturated rings. The molecule has 19 heavy (non-hydrogen) atoms. The molecular formula is C14H19O4P. The molecule has 0 radical (unpaired) electrons. The van der Waals surface area contributed by atoms with E-state index in [0.29, 0.717) is 0 Å². The van der Waals surface area contributed by atoms with Crippen LogP contribution in [0.3, 0.4) is 0 Å². The summed E-state index contributed by atoms with van der Waals surface area (Å²) in [4.78, 5) is 11.6. The number of carbonyl (C=O) groups is 1. The van der Waals surface area contributed by atoms with Gasteiger partial charge in [0, 0.05) is 19.4 Å². The first kappa shape index (κ1) is 15.7. The van der Waals surface area contributed by atoms with Crippen molar-refractivity contribution >= 4 is 13.3 Å². The highest BCUT2D eigenvalue weighted by Crippen LogP contribution is 2.46. The normalized spacial score (nSPS) is 13.5. The lowest BCUT2D eigenvalue weighted by Crippen LogP contribution is -2.08. The Morgan fingerprint density at radius 1 is 1.37 bits per heavy atom. The quantitative estimate of drug-likeness (QED) is 0.417. The van der Waals surface area contributed by atoms with E-state index in [1.807, 2.05) is 30.3 Å². The number of ether oxygens (including phenoxy) is 1. The minimum Gasteiger partial charge on any atom is -0.461 e. The van der Waals surface area contributed by atoms with Crippen LogP contribution in [0.25, 0.3) is 0 Å². The van der Waals surface area contributed by atoms with Crippen LogP contribution in [0.5, 0.6) is 0 Å². The second kappa shape index (κ2) is 7.93.